The van der Waals surface area contributed by atoms with Gasteiger partial charge in [0, 0.05) is 19.5 Å². The predicted molar refractivity (Wildman–Crippen MR) is 64.4 cm³/mol. The molecule has 0 heterocycles. The minimum Gasteiger partial charge on any atom is -0.468 e. The van der Waals surface area contributed by atoms with Gasteiger partial charge in [-0.1, -0.05) is 12.2 Å². The molecule has 0 rings (SSSR count). The van der Waals surface area contributed by atoms with E-state index < -0.39 is 21.7 Å². The molecule has 0 radical (unpaired) electrons. The number of sulfonamides is 1. The maximum atomic E-state index is 11.7. The van der Waals surface area contributed by atoms with Crippen LogP contribution in [0.1, 0.15) is 13.3 Å². The quantitative estimate of drug-likeness (QED) is 0.515. The van der Waals surface area contributed by atoms with Gasteiger partial charge in [-0.15, -0.1) is 0 Å². The normalized spacial score (nSPS) is 13.5. The van der Waals surface area contributed by atoms with E-state index in [2.05, 4.69) is 17.0 Å². The Hall–Kier alpha value is -0.730. The van der Waals surface area contributed by atoms with Crippen molar-refractivity contribution >= 4 is 33.2 Å². The van der Waals surface area contributed by atoms with Crippen LogP contribution in [-0.2, 0) is 19.6 Å². The molecule has 1 unspecified atom stereocenters. The fourth-order valence-corrected chi connectivity index (χ4v) is 2.49. The van der Waals surface area contributed by atoms with Gasteiger partial charge in [-0.05, 0) is 6.92 Å². The Morgan fingerprint density at radius 2 is 2.06 bits per heavy atom. The average Bonchev–Trinajstić information content (AvgIpc) is 2.14. The largest absolute Gasteiger partial charge is 0.468 e. The van der Waals surface area contributed by atoms with Crippen molar-refractivity contribution in [2.45, 2.75) is 19.4 Å². The van der Waals surface area contributed by atoms with Crippen LogP contribution in [0.5, 0.6) is 0 Å². The molecule has 0 aliphatic rings. The number of hydrogen-bond donors (Lipinski definition) is 1. The Labute approximate surface area is 101 Å². The first-order valence-electron chi connectivity index (χ1n) is 4.51. The molecule has 0 amide bonds. The zero-order chi connectivity index (χ0) is 12.9. The standard InChI is InChI=1S/C8H16N2O4S2/c1-6(4-7(9)15)10(2)16(12,13)5-8(11)14-3/h6H,4-5H2,1-3H3,(H2,9,15). The summed E-state index contributed by atoms with van der Waals surface area (Å²) in [6.07, 6.45) is 0.270. The molecule has 6 nitrogen and oxygen atoms in total. The summed E-state index contributed by atoms with van der Waals surface area (Å²) in [6, 6.07) is -0.382. The van der Waals surface area contributed by atoms with Gasteiger partial charge in [0.1, 0.15) is 0 Å². The molecule has 0 aromatic heterocycles. The van der Waals surface area contributed by atoms with Crippen molar-refractivity contribution in [1.29, 1.82) is 0 Å². The number of thiocarbonyl (C=S) groups is 1. The first-order chi connectivity index (χ1) is 7.20. The molecule has 1 atom stereocenters. The Balaban J connectivity index is 4.63. The summed E-state index contributed by atoms with van der Waals surface area (Å²) in [4.78, 5) is 11.1. The number of carbonyl (C=O) groups excluding carboxylic acids is 1. The fourth-order valence-electron chi connectivity index (χ4n) is 1.00. The molecule has 2 N–H and O–H groups in total. The van der Waals surface area contributed by atoms with Gasteiger partial charge in [-0.25, -0.2) is 12.7 Å². The summed E-state index contributed by atoms with van der Waals surface area (Å²) < 4.78 is 28.7. The Bertz CT molecular complexity index is 366. The lowest BCUT2D eigenvalue weighted by atomic mass is 10.2. The lowest BCUT2D eigenvalue weighted by molar-refractivity contribution is -0.137. The van der Waals surface area contributed by atoms with E-state index in [9.17, 15) is 13.2 Å². The maximum Gasteiger partial charge on any atom is 0.322 e. The van der Waals surface area contributed by atoms with Crippen LogP contribution in [0.25, 0.3) is 0 Å². The summed E-state index contributed by atoms with van der Waals surface area (Å²) in [5, 5.41) is 0. The van der Waals surface area contributed by atoms with Gasteiger partial charge in [-0.3, -0.25) is 4.79 Å². The fraction of sp³-hybridized carbons (Fsp3) is 0.750. The molecular formula is C8H16N2O4S2. The zero-order valence-corrected chi connectivity index (χ0v) is 11.1. The second-order valence-corrected chi connectivity index (χ2v) is 5.92. The van der Waals surface area contributed by atoms with E-state index in [1.54, 1.807) is 6.92 Å². The van der Waals surface area contributed by atoms with E-state index >= 15 is 0 Å². The van der Waals surface area contributed by atoms with Crippen LogP contribution in [0.15, 0.2) is 0 Å². The highest BCUT2D eigenvalue weighted by Crippen LogP contribution is 2.08. The number of carbonyl (C=O) groups is 1. The highest BCUT2D eigenvalue weighted by Gasteiger charge is 2.26. The average molecular weight is 268 g/mol. The molecule has 94 valence electrons. The molecule has 0 spiro atoms. The number of ether oxygens (including phenoxy) is 1. The molecule has 0 aliphatic heterocycles. The van der Waals surface area contributed by atoms with Crippen LogP contribution in [0, 0.1) is 0 Å². The third-order valence-electron chi connectivity index (χ3n) is 2.08. The van der Waals surface area contributed by atoms with Crippen LogP contribution in [0.3, 0.4) is 0 Å². The van der Waals surface area contributed by atoms with E-state index in [0.717, 1.165) is 11.4 Å². The lowest BCUT2D eigenvalue weighted by Gasteiger charge is -2.23. The van der Waals surface area contributed by atoms with Crippen molar-refractivity contribution in [2.75, 3.05) is 19.9 Å². The van der Waals surface area contributed by atoms with Crippen LogP contribution in [0.2, 0.25) is 0 Å². The molecule has 16 heavy (non-hydrogen) atoms. The van der Waals surface area contributed by atoms with Crippen molar-refractivity contribution in [3.63, 3.8) is 0 Å². The van der Waals surface area contributed by atoms with E-state index in [-0.39, 0.29) is 17.5 Å². The van der Waals surface area contributed by atoms with E-state index in [0.29, 0.717) is 0 Å². The Kier molecular flexibility index (Phi) is 5.84. The van der Waals surface area contributed by atoms with Gasteiger partial charge >= 0.3 is 5.97 Å². The minimum absolute atomic E-state index is 0.229. The number of nitrogens with zero attached hydrogens (tertiary/aromatic N) is 1. The zero-order valence-electron chi connectivity index (χ0n) is 9.47. The number of hydrogen-bond acceptors (Lipinski definition) is 5. The summed E-state index contributed by atoms with van der Waals surface area (Å²) in [7, 11) is -1.16. The van der Waals surface area contributed by atoms with Gasteiger partial charge in [0.05, 0.1) is 12.1 Å². The molecule has 8 heteroatoms. The molecule has 0 saturated carbocycles. The van der Waals surface area contributed by atoms with Crippen molar-refractivity contribution in [3.05, 3.63) is 0 Å². The summed E-state index contributed by atoms with van der Waals surface area (Å²) >= 11 is 4.69. The smallest absolute Gasteiger partial charge is 0.322 e. The van der Waals surface area contributed by atoms with Crippen LogP contribution in [0.4, 0.5) is 0 Å². The highest BCUT2D eigenvalue weighted by atomic mass is 32.2. The first kappa shape index (κ1) is 15.3. The predicted octanol–water partition coefficient (Wildman–Crippen LogP) is -0.514. The number of esters is 1. The molecule has 0 bridgehead atoms. The SMILES string of the molecule is COC(=O)CS(=O)(=O)N(C)C(C)CC(N)=S. The summed E-state index contributed by atoms with van der Waals surface area (Å²) in [5.74, 6) is -1.48. The van der Waals surface area contributed by atoms with Crippen molar-refractivity contribution < 1.29 is 17.9 Å². The van der Waals surface area contributed by atoms with Gasteiger partial charge in [0.2, 0.25) is 10.0 Å². The van der Waals surface area contributed by atoms with Crippen molar-refractivity contribution in [1.82, 2.24) is 4.31 Å². The second kappa shape index (κ2) is 6.12. The molecule has 0 fully saturated rings. The minimum atomic E-state index is -3.67. The Morgan fingerprint density at radius 3 is 2.44 bits per heavy atom. The highest BCUT2D eigenvalue weighted by molar-refractivity contribution is 7.89. The van der Waals surface area contributed by atoms with Gasteiger partial charge in [0.25, 0.3) is 0 Å². The molecule has 0 aromatic carbocycles. The number of rotatable bonds is 6. The number of methoxy groups -OCH3 is 1. The molecule has 0 aliphatic carbocycles. The maximum absolute atomic E-state index is 11.7. The third kappa shape index (κ3) is 4.86. The van der Waals surface area contributed by atoms with Crippen LogP contribution < -0.4 is 5.73 Å². The van der Waals surface area contributed by atoms with Crippen molar-refractivity contribution in [3.8, 4) is 0 Å². The number of nitrogens with two attached hydrogens (primary N) is 1. The Morgan fingerprint density at radius 1 is 1.56 bits per heavy atom. The second-order valence-electron chi connectivity index (χ2n) is 3.37. The van der Waals surface area contributed by atoms with E-state index in [4.69, 9.17) is 5.73 Å². The van der Waals surface area contributed by atoms with E-state index in [1.165, 1.54) is 7.05 Å². The third-order valence-corrected chi connectivity index (χ3v) is 4.09. The van der Waals surface area contributed by atoms with Gasteiger partial charge < -0.3 is 10.5 Å². The van der Waals surface area contributed by atoms with Crippen LogP contribution in [-0.4, -0.2) is 49.6 Å². The van der Waals surface area contributed by atoms with E-state index in [1.807, 2.05) is 0 Å². The molecule has 0 saturated heterocycles. The van der Waals surface area contributed by atoms with Gasteiger partial charge in [0.15, 0.2) is 5.75 Å². The van der Waals surface area contributed by atoms with Crippen molar-refractivity contribution in [2.24, 2.45) is 5.73 Å². The summed E-state index contributed by atoms with van der Waals surface area (Å²) in [6.45, 7) is 1.66. The van der Waals surface area contributed by atoms with Gasteiger partial charge in [-0.2, -0.15) is 0 Å². The first-order valence-corrected chi connectivity index (χ1v) is 6.53. The topological polar surface area (TPSA) is 89.7 Å². The van der Waals surface area contributed by atoms with Crippen LogP contribution >= 0.6 is 12.2 Å². The molecular weight excluding hydrogens is 252 g/mol. The molecule has 0 aromatic rings. The lowest BCUT2D eigenvalue weighted by Crippen LogP contribution is -2.40. The summed E-state index contributed by atoms with van der Waals surface area (Å²) in [5.41, 5.74) is 5.32. The monoisotopic (exact) mass is 268 g/mol.